The molecule has 19 heavy (non-hydrogen) atoms. The third-order valence-corrected chi connectivity index (χ3v) is 2.85. The van der Waals surface area contributed by atoms with Gasteiger partial charge in [-0.2, -0.15) is 0 Å². The van der Waals surface area contributed by atoms with E-state index in [2.05, 4.69) is 10.2 Å². The second-order valence-corrected chi connectivity index (χ2v) is 4.11. The number of aliphatic carboxylic acids is 1. The van der Waals surface area contributed by atoms with Gasteiger partial charge in [0, 0.05) is 13.0 Å². The maximum atomic E-state index is 11.7. The number of rotatable bonds is 3. The first-order valence-corrected chi connectivity index (χ1v) is 5.55. The van der Waals surface area contributed by atoms with Crippen molar-refractivity contribution in [1.82, 2.24) is 10.2 Å². The van der Waals surface area contributed by atoms with Crippen LogP contribution in [0.3, 0.4) is 0 Å². The summed E-state index contributed by atoms with van der Waals surface area (Å²) in [7, 11) is 0. The van der Waals surface area contributed by atoms with Crippen LogP contribution in [-0.2, 0) is 9.59 Å². The molecule has 98 valence electrons. The van der Waals surface area contributed by atoms with Crippen molar-refractivity contribution in [1.29, 1.82) is 0 Å². The summed E-state index contributed by atoms with van der Waals surface area (Å²) in [4.78, 5) is 23.7. The first-order chi connectivity index (χ1) is 9.15. The van der Waals surface area contributed by atoms with Gasteiger partial charge in [-0.25, -0.2) is 0 Å². The second-order valence-electron chi connectivity index (χ2n) is 4.11. The Morgan fingerprint density at radius 1 is 1.47 bits per heavy atom. The molecule has 8 nitrogen and oxygen atoms in total. The molecule has 0 spiro atoms. The molecule has 1 unspecified atom stereocenters. The van der Waals surface area contributed by atoms with Crippen LogP contribution in [0.1, 0.15) is 6.42 Å². The molecule has 1 saturated heterocycles. The topological polar surface area (TPSA) is 110 Å². The van der Waals surface area contributed by atoms with E-state index < -0.39 is 11.9 Å². The Labute approximate surface area is 106 Å². The summed E-state index contributed by atoms with van der Waals surface area (Å²) in [6.45, 7) is 0.0357. The number of carboxylic acid groups (broad SMARTS) is 1. The lowest BCUT2D eigenvalue weighted by molar-refractivity contribution is -0.141. The smallest absolute Gasteiger partial charge is 0.325 e. The summed E-state index contributed by atoms with van der Waals surface area (Å²) < 4.78 is 10.4. The Morgan fingerprint density at radius 3 is 2.95 bits per heavy atom. The fourth-order valence-corrected chi connectivity index (χ4v) is 1.88. The number of anilines is 1. The first-order valence-electron chi connectivity index (χ1n) is 5.55. The van der Waals surface area contributed by atoms with Gasteiger partial charge in [0.05, 0.1) is 12.2 Å². The molecule has 0 aliphatic carbocycles. The highest BCUT2D eigenvalue weighted by atomic mass is 16.4. The highest BCUT2D eigenvalue weighted by Crippen LogP contribution is 2.27. The van der Waals surface area contributed by atoms with E-state index >= 15 is 0 Å². The number of carbonyl (C=O) groups is 2. The summed E-state index contributed by atoms with van der Waals surface area (Å²) in [5, 5.41) is 16.4. The zero-order valence-electron chi connectivity index (χ0n) is 9.65. The molecule has 1 aliphatic heterocycles. The molecule has 3 rings (SSSR count). The summed E-state index contributed by atoms with van der Waals surface area (Å²) in [5.74, 6) is -1.57. The number of carbonyl (C=O) groups excluding carboxylic acids is 1. The Balaban J connectivity index is 1.84. The molecule has 1 N–H and O–H groups in total. The van der Waals surface area contributed by atoms with Crippen LogP contribution < -0.4 is 4.90 Å². The van der Waals surface area contributed by atoms with E-state index in [-0.39, 0.29) is 30.8 Å². The standard InChI is InChI=1S/C11H9N3O5/c15-8-4-6(10(16)17)5-14(8)11-13-12-9(19-11)7-2-1-3-18-7/h1-3,6H,4-5H2,(H,16,17). The van der Waals surface area contributed by atoms with Gasteiger partial charge in [-0.1, -0.05) is 5.10 Å². The molecule has 2 aromatic rings. The summed E-state index contributed by atoms with van der Waals surface area (Å²) in [6, 6.07) is 3.30. The number of furan rings is 1. The predicted octanol–water partition coefficient (Wildman–Crippen LogP) is 0.767. The number of carboxylic acids is 1. The summed E-state index contributed by atoms with van der Waals surface area (Å²) in [5.41, 5.74) is 0. The molecule has 0 bridgehead atoms. The Hall–Kier alpha value is -2.64. The van der Waals surface area contributed by atoms with Gasteiger partial charge in [-0.05, 0) is 12.1 Å². The molecule has 0 aromatic carbocycles. The maximum absolute atomic E-state index is 11.7. The van der Waals surface area contributed by atoms with E-state index in [0.29, 0.717) is 5.76 Å². The van der Waals surface area contributed by atoms with Gasteiger partial charge in [0.15, 0.2) is 5.76 Å². The van der Waals surface area contributed by atoms with E-state index in [1.54, 1.807) is 12.1 Å². The van der Waals surface area contributed by atoms with Gasteiger partial charge >= 0.3 is 12.0 Å². The fourth-order valence-electron chi connectivity index (χ4n) is 1.88. The maximum Gasteiger partial charge on any atom is 0.325 e. The van der Waals surface area contributed by atoms with Crippen LogP contribution in [0.25, 0.3) is 11.7 Å². The van der Waals surface area contributed by atoms with Gasteiger partial charge < -0.3 is 13.9 Å². The zero-order chi connectivity index (χ0) is 13.4. The van der Waals surface area contributed by atoms with E-state index in [9.17, 15) is 9.59 Å². The lowest BCUT2D eigenvalue weighted by Gasteiger charge is -2.08. The average molecular weight is 263 g/mol. The largest absolute Gasteiger partial charge is 0.481 e. The Morgan fingerprint density at radius 2 is 2.32 bits per heavy atom. The molecule has 3 heterocycles. The molecule has 0 radical (unpaired) electrons. The molecule has 1 atom stereocenters. The number of amides is 1. The van der Waals surface area contributed by atoms with E-state index in [1.807, 2.05) is 0 Å². The third kappa shape index (κ3) is 1.96. The minimum absolute atomic E-state index is 0.0137. The van der Waals surface area contributed by atoms with Crippen molar-refractivity contribution in [2.45, 2.75) is 6.42 Å². The van der Waals surface area contributed by atoms with Crippen LogP contribution in [0.5, 0.6) is 0 Å². The van der Waals surface area contributed by atoms with Gasteiger partial charge in [0.25, 0.3) is 5.89 Å². The molecule has 1 amide bonds. The van der Waals surface area contributed by atoms with Crippen molar-refractivity contribution in [2.24, 2.45) is 5.92 Å². The van der Waals surface area contributed by atoms with Crippen molar-refractivity contribution < 1.29 is 23.5 Å². The van der Waals surface area contributed by atoms with Crippen molar-refractivity contribution in [2.75, 3.05) is 11.4 Å². The molecule has 1 aliphatic rings. The highest BCUT2D eigenvalue weighted by molar-refractivity contribution is 5.97. The van der Waals surface area contributed by atoms with Crippen molar-refractivity contribution in [3.8, 4) is 11.7 Å². The molecule has 8 heteroatoms. The summed E-state index contributed by atoms with van der Waals surface area (Å²) in [6.07, 6.45) is 1.40. The van der Waals surface area contributed by atoms with Gasteiger partial charge in [0.1, 0.15) is 0 Å². The highest BCUT2D eigenvalue weighted by Gasteiger charge is 2.37. The lowest BCUT2D eigenvalue weighted by atomic mass is 10.1. The second kappa shape index (κ2) is 4.23. The van der Waals surface area contributed by atoms with Gasteiger partial charge in [-0.3, -0.25) is 14.5 Å². The third-order valence-electron chi connectivity index (χ3n) is 2.85. The van der Waals surface area contributed by atoms with Crippen molar-refractivity contribution >= 4 is 17.9 Å². The molecule has 1 fully saturated rings. The van der Waals surface area contributed by atoms with Crippen LogP contribution >= 0.6 is 0 Å². The summed E-state index contributed by atoms with van der Waals surface area (Å²) >= 11 is 0. The van der Waals surface area contributed by atoms with E-state index in [0.717, 1.165) is 0 Å². The molecule has 2 aromatic heterocycles. The average Bonchev–Trinajstić information content (AvgIpc) is 3.07. The number of hydrogen-bond acceptors (Lipinski definition) is 6. The van der Waals surface area contributed by atoms with Crippen LogP contribution in [0, 0.1) is 5.92 Å². The van der Waals surface area contributed by atoms with Gasteiger partial charge in [-0.15, -0.1) is 5.10 Å². The van der Waals surface area contributed by atoms with E-state index in [4.69, 9.17) is 13.9 Å². The number of nitrogens with zero attached hydrogens (tertiary/aromatic N) is 3. The van der Waals surface area contributed by atoms with Crippen LogP contribution in [-0.4, -0.2) is 33.7 Å². The monoisotopic (exact) mass is 263 g/mol. The first kappa shape index (κ1) is 11.5. The van der Waals surface area contributed by atoms with Crippen LogP contribution in [0.4, 0.5) is 6.01 Å². The quantitative estimate of drug-likeness (QED) is 0.870. The number of aromatic nitrogens is 2. The normalized spacial score (nSPS) is 19.1. The molecular weight excluding hydrogens is 254 g/mol. The predicted molar refractivity (Wildman–Crippen MR) is 60.1 cm³/mol. The Bertz CT molecular complexity index is 618. The fraction of sp³-hybridized carbons (Fsp3) is 0.273. The Kier molecular flexibility index (Phi) is 2.55. The molecule has 0 saturated carbocycles. The minimum Gasteiger partial charge on any atom is -0.481 e. The number of hydrogen-bond donors (Lipinski definition) is 1. The lowest BCUT2D eigenvalue weighted by Crippen LogP contribution is -2.26. The zero-order valence-corrected chi connectivity index (χ0v) is 9.65. The SMILES string of the molecule is O=C(O)C1CC(=O)N(c2nnc(-c3ccco3)o2)C1. The molecular formula is C11H9N3O5. The van der Waals surface area contributed by atoms with Crippen LogP contribution in [0.15, 0.2) is 27.2 Å². The van der Waals surface area contributed by atoms with Crippen molar-refractivity contribution in [3.63, 3.8) is 0 Å². The van der Waals surface area contributed by atoms with Crippen molar-refractivity contribution in [3.05, 3.63) is 18.4 Å². The minimum atomic E-state index is -1.01. The van der Waals surface area contributed by atoms with E-state index in [1.165, 1.54) is 11.2 Å². The van der Waals surface area contributed by atoms with Crippen LogP contribution in [0.2, 0.25) is 0 Å². The van der Waals surface area contributed by atoms with Gasteiger partial charge in [0.2, 0.25) is 5.91 Å².